The predicted octanol–water partition coefficient (Wildman–Crippen LogP) is 2.04. The molecule has 0 aliphatic carbocycles. The molecule has 120 valence electrons. The maximum atomic E-state index is 12.1. The Hall–Kier alpha value is -1.79. The molecule has 0 saturated heterocycles. The molecule has 0 aliphatic rings. The van der Waals surface area contributed by atoms with Gasteiger partial charge in [-0.15, -0.1) is 0 Å². The third-order valence-corrected chi connectivity index (χ3v) is 3.75. The standard InChI is InChI=1S/C14H16Cl2N2O4/c1-3-18(7-11(19)20)14(22)8(2)17-13(21)9-5-4-6-10(15)12(9)16/h4-6,8H,3,7H2,1-2H3,(H,17,21)(H,19,20). The summed E-state index contributed by atoms with van der Waals surface area (Å²) in [5.41, 5.74) is 0.148. The minimum absolute atomic E-state index is 0.0965. The number of benzene rings is 1. The van der Waals surface area contributed by atoms with Crippen molar-refractivity contribution in [2.45, 2.75) is 19.9 Å². The highest BCUT2D eigenvalue weighted by Gasteiger charge is 2.24. The lowest BCUT2D eigenvalue weighted by atomic mass is 10.2. The van der Waals surface area contributed by atoms with E-state index in [1.165, 1.54) is 13.0 Å². The maximum Gasteiger partial charge on any atom is 0.323 e. The first-order valence-corrected chi connectivity index (χ1v) is 7.29. The van der Waals surface area contributed by atoms with Gasteiger partial charge < -0.3 is 15.3 Å². The number of likely N-dealkylation sites (N-methyl/N-ethyl adjacent to an activating group) is 1. The lowest BCUT2D eigenvalue weighted by Crippen LogP contribution is -2.48. The molecule has 0 spiro atoms. The topological polar surface area (TPSA) is 86.7 Å². The van der Waals surface area contributed by atoms with Crippen molar-refractivity contribution in [3.63, 3.8) is 0 Å². The van der Waals surface area contributed by atoms with Gasteiger partial charge in [-0.2, -0.15) is 0 Å². The lowest BCUT2D eigenvalue weighted by molar-refractivity contribution is -0.144. The summed E-state index contributed by atoms with van der Waals surface area (Å²) < 4.78 is 0. The Morgan fingerprint density at radius 1 is 1.32 bits per heavy atom. The first kappa shape index (κ1) is 18.3. The van der Waals surface area contributed by atoms with Crippen molar-refractivity contribution < 1.29 is 19.5 Å². The fourth-order valence-electron chi connectivity index (χ4n) is 1.80. The van der Waals surface area contributed by atoms with Crippen LogP contribution in [0.3, 0.4) is 0 Å². The molecule has 2 N–H and O–H groups in total. The summed E-state index contributed by atoms with van der Waals surface area (Å²) in [6, 6.07) is 3.70. The largest absolute Gasteiger partial charge is 0.480 e. The van der Waals surface area contributed by atoms with E-state index in [4.69, 9.17) is 28.3 Å². The molecule has 6 nitrogen and oxygen atoms in total. The number of hydrogen-bond donors (Lipinski definition) is 2. The third kappa shape index (κ3) is 4.61. The van der Waals surface area contributed by atoms with E-state index in [0.717, 1.165) is 4.90 Å². The molecule has 0 radical (unpaired) electrons. The average molecular weight is 347 g/mol. The highest BCUT2D eigenvalue weighted by atomic mass is 35.5. The van der Waals surface area contributed by atoms with Gasteiger partial charge in [0.1, 0.15) is 12.6 Å². The normalized spacial score (nSPS) is 11.6. The van der Waals surface area contributed by atoms with E-state index in [1.54, 1.807) is 19.1 Å². The van der Waals surface area contributed by atoms with E-state index < -0.39 is 30.4 Å². The number of carbonyl (C=O) groups excluding carboxylic acids is 2. The molecule has 1 rings (SSSR count). The van der Waals surface area contributed by atoms with Gasteiger partial charge in [0.05, 0.1) is 15.6 Å². The van der Waals surface area contributed by atoms with E-state index >= 15 is 0 Å². The number of carboxylic acid groups (broad SMARTS) is 1. The fraction of sp³-hybridized carbons (Fsp3) is 0.357. The van der Waals surface area contributed by atoms with Gasteiger partial charge in [0.2, 0.25) is 5.91 Å². The molecule has 1 atom stereocenters. The van der Waals surface area contributed by atoms with Gasteiger partial charge >= 0.3 is 5.97 Å². The van der Waals surface area contributed by atoms with Gasteiger partial charge in [-0.1, -0.05) is 29.3 Å². The van der Waals surface area contributed by atoms with Crippen LogP contribution in [0.4, 0.5) is 0 Å². The smallest absolute Gasteiger partial charge is 0.323 e. The Labute approximate surface area is 138 Å². The summed E-state index contributed by atoms with van der Waals surface area (Å²) in [6.45, 7) is 2.93. The quantitative estimate of drug-likeness (QED) is 0.825. The third-order valence-electron chi connectivity index (χ3n) is 2.93. The van der Waals surface area contributed by atoms with Crippen molar-refractivity contribution in [3.05, 3.63) is 33.8 Å². The number of aliphatic carboxylic acids is 1. The van der Waals surface area contributed by atoms with Crippen LogP contribution in [0.5, 0.6) is 0 Å². The summed E-state index contributed by atoms with van der Waals surface area (Å²) in [5, 5.41) is 11.6. The van der Waals surface area contributed by atoms with Gasteiger partial charge in [0.15, 0.2) is 0 Å². The lowest BCUT2D eigenvalue weighted by Gasteiger charge is -2.23. The van der Waals surface area contributed by atoms with Crippen LogP contribution in [0.15, 0.2) is 18.2 Å². The highest BCUT2D eigenvalue weighted by molar-refractivity contribution is 6.43. The molecule has 2 amide bonds. The predicted molar refractivity (Wildman–Crippen MR) is 83.3 cm³/mol. The summed E-state index contributed by atoms with van der Waals surface area (Å²) >= 11 is 11.8. The van der Waals surface area contributed by atoms with Crippen molar-refractivity contribution >= 4 is 41.0 Å². The van der Waals surface area contributed by atoms with Crippen LogP contribution < -0.4 is 5.32 Å². The minimum atomic E-state index is -1.12. The van der Waals surface area contributed by atoms with Crippen molar-refractivity contribution in [3.8, 4) is 0 Å². The van der Waals surface area contributed by atoms with E-state index in [-0.39, 0.29) is 22.2 Å². The van der Waals surface area contributed by atoms with Crippen molar-refractivity contribution in [2.24, 2.45) is 0 Å². The zero-order valence-corrected chi connectivity index (χ0v) is 13.6. The number of carbonyl (C=O) groups is 3. The molecule has 1 aromatic carbocycles. The highest BCUT2D eigenvalue weighted by Crippen LogP contribution is 2.25. The summed E-state index contributed by atoms with van der Waals surface area (Å²) in [4.78, 5) is 36.1. The van der Waals surface area contributed by atoms with Crippen LogP contribution in [0.1, 0.15) is 24.2 Å². The van der Waals surface area contributed by atoms with E-state index in [2.05, 4.69) is 5.32 Å². The number of amides is 2. The fourth-order valence-corrected chi connectivity index (χ4v) is 2.18. The monoisotopic (exact) mass is 346 g/mol. The number of halogens is 2. The van der Waals surface area contributed by atoms with E-state index in [0.29, 0.717) is 0 Å². The molecular weight excluding hydrogens is 331 g/mol. The Morgan fingerprint density at radius 2 is 1.95 bits per heavy atom. The van der Waals surface area contributed by atoms with E-state index in [9.17, 15) is 14.4 Å². The molecule has 1 unspecified atom stereocenters. The molecule has 22 heavy (non-hydrogen) atoms. The van der Waals surface area contributed by atoms with Gasteiger partial charge in [0.25, 0.3) is 5.91 Å². The molecule has 0 bridgehead atoms. The summed E-state index contributed by atoms with van der Waals surface area (Å²) in [7, 11) is 0. The molecule has 0 saturated carbocycles. The second kappa shape index (κ2) is 8.00. The van der Waals surface area contributed by atoms with Gasteiger partial charge in [-0.05, 0) is 26.0 Å². The first-order chi connectivity index (χ1) is 10.3. The van der Waals surface area contributed by atoms with Crippen LogP contribution in [0, 0.1) is 0 Å². The van der Waals surface area contributed by atoms with Gasteiger partial charge in [-0.3, -0.25) is 14.4 Å². The Kier molecular flexibility index (Phi) is 6.64. The number of rotatable bonds is 6. The number of nitrogens with one attached hydrogen (secondary N) is 1. The van der Waals surface area contributed by atoms with Crippen molar-refractivity contribution in [1.82, 2.24) is 10.2 Å². The maximum absolute atomic E-state index is 12.1. The van der Waals surface area contributed by atoms with Crippen LogP contribution in [0.2, 0.25) is 10.0 Å². The molecule has 0 fully saturated rings. The second-order valence-electron chi connectivity index (χ2n) is 4.54. The first-order valence-electron chi connectivity index (χ1n) is 6.53. The van der Waals surface area contributed by atoms with Crippen LogP contribution >= 0.6 is 23.2 Å². The van der Waals surface area contributed by atoms with Gasteiger partial charge in [0, 0.05) is 6.54 Å². The number of carboxylic acids is 1. The zero-order chi connectivity index (χ0) is 16.9. The second-order valence-corrected chi connectivity index (χ2v) is 5.33. The molecule has 8 heteroatoms. The van der Waals surface area contributed by atoms with E-state index in [1.807, 2.05) is 0 Å². The van der Waals surface area contributed by atoms with Crippen LogP contribution in [0.25, 0.3) is 0 Å². The Bertz CT molecular complexity index is 592. The Balaban J connectivity index is 2.80. The summed E-state index contributed by atoms with van der Waals surface area (Å²) in [6.07, 6.45) is 0. The average Bonchev–Trinajstić information content (AvgIpc) is 2.46. The van der Waals surface area contributed by atoms with Crippen molar-refractivity contribution in [1.29, 1.82) is 0 Å². The van der Waals surface area contributed by atoms with Crippen LogP contribution in [-0.2, 0) is 9.59 Å². The molecule has 0 heterocycles. The number of nitrogens with zero attached hydrogens (tertiary/aromatic N) is 1. The number of hydrogen-bond acceptors (Lipinski definition) is 3. The minimum Gasteiger partial charge on any atom is -0.480 e. The molecular formula is C14H16Cl2N2O4. The molecule has 0 aromatic heterocycles. The Morgan fingerprint density at radius 3 is 2.50 bits per heavy atom. The zero-order valence-electron chi connectivity index (χ0n) is 12.1. The summed E-state index contributed by atoms with van der Waals surface area (Å²) in [5.74, 6) is -2.16. The molecule has 1 aromatic rings. The van der Waals surface area contributed by atoms with Crippen molar-refractivity contribution in [2.75, 3.05) is 13.1 Å². The van der Waals surface area contributed by atoms with Crippen LogP contribution in [-0.4, -0.2) is 46.9 Å². The molecule has 0 aliphatic heterocycles. The SMILES string of the molecule is CCN(CC(=O)O)C(=O)C(C)NC(=O)c1cccc(Cl)c1Cl. The van der Waals surface area contributed by atoms with Gasteiger partial charge in [-0.25, -0.2) is 0 Å².